The highest BCUT2D eigenvalue weighted by molar-refractivity contribution is 5.49. The lowest BCUT2D eigenvalue weighted by molar-refractivity contribution is 0.614. The van der Waals surface area contributed by atoms with E-state index in [4.69, 9.17) is 5.73 Å². The molecular formula is C12H21N3. The summed E-state index contributed by atoms with van der Waals surface area (Å²) in [6.07, 6.45) is 7.25. The van der Waals surface area contributed by atoms with Gasteiger partial charge in [-0.3, -0.25) is 4.98 Å². The SMILES string of the molecule is CCCCC(CN)Nc1ccncc1C. The smallest absolute Gasteiger partial charge is 0.0403 e. The number of hydrogen-bond donors (Lipinski definition) is 2. The van der Waals surface area contributed by atoms with Gasteiger partial charge in [0.15, 0.2) is 0 Å². The average Bonchev–Trinajstić information content (AvgIpc) is 2.26. The molecule has 1 heterocycles. The van der Waals surface area contributed by atoms with Crippen LogP contribution in [-0.2, 0) is 0 Å². The molecule has 0 spiro atoms. The van der Waals surface area contributed by atoms with E-state index in [2.05, 4.69) is 24.1 Å². The van der Waals surface area contributed by atoms with Crippen molar-refractivity contribution in [1.82, 2.24) is 4.98 Å². The number of aryl methyl sites for hydroxylation is 1. The van der Waals surface area contributed by atoms with Crippen LogP contribution in [0.4, 0.5) is 5.69 Å². The lowest BCUT2D eigenvalue weighted by Crippen LogP contribution is -2.29. The van der Waals surface area contributed by atoms with E-state index in [-0.39, 0.29) is 0 Å². The van der Waals surface area contributed by atoms with Gasteiger partial charge in [-0.1, -0.05) is 19.8 Å². The van der Waals surface area contributed by atoms with Crippen molar-refractivity contribution in [1.29, 1.82) is 0 Å². The molecule has 84 valence electrons. The Hall–Kier alpha value is -1.09. The minimum atomic E-state index is 0.381. The Balaban J connectivity index is 2.54. The van der Waals surface area contributed by atoms with E-state index in [9.17, 15) is 0 Å². The minimum absolute atomic E-state index is 0.381. The molecule has 3 nitrogen and oxygen atoms in total. The van der Waals surface area contributed by atoms with Gasteiger partial charge in [-0.05, 0) is 25.0 Å². The molecule has 0 aliphatic carbocycles. The van der Waals surface area contributed by atoms with Gasteiger partial charge in [0.25, 0.3) is 0 Å². The van der Waals surface area contributed by atoms with Crippen LogP contribution in [0.2, 0.25) is 0 Å². The van der Waals surface area contributed by atoms with E-state index >= 15 is 0 Å². The molecule has 0 saturated carbocycles. The summed E-state index contributed by atoms with van der Waals surface area (Å²) in [5, 5.41) is 3.47. The van der Waals surface area contributed by atoms with Crippen molar-refractivity contribution in [3.05, 3.63) is 24.0 Å². The second kappa shape index (κ2) is 6.40. The van der Waals surface area contributed by atoms with Crippen molar-refractivity contribution in [3.63, 3.8) is 0 Å². The quantitative estimate of drug-likeness (QED) is 0.752. The Morgan fingerprint density at radius 1 is 1.53 bits per heavy atom. The number of pyridine rings is 1. The summed E-state index contributed by atoms with van der Waals surface area (Å²) in [6.45, 7) is 4.94. The number of unbranched alkanes of at least 4 members (excludes halogenated alkanes) is 1. The van der Waals surface area contributed by atoms with Gasteiger partial charge in [-0.25, -0.2) is 0 Å². The van der Waals surface area contributed by atoms with Crippen LogP contribution in [0.3, 0.4) is 0 Å². The molecule has 0 saturated heterocycles. The largest absolute Gasteiger partial charge is 0.381 e. The van der Waals surface area contributed by atoms with Gasteiger partial charge in [0.1, 0.15) is 0 Å². The van der Waals surface area contributed by atoms with Crippen molar-refractivity contribution < 1.29 is 0 Å². The third-order valence-corrected chi connectivity index (χ3v) is 2.57. The van der Waals surface area contributed by atoms with E-state index < -0.39 is 0 Å². The summed E-state index contributed by atoms with van der Waals surface area (Å²) in [5.41, 5.74) is 8.06. The lowest BCUT2D eigenvalue weighted by Gasteiger charge is -2.18. The number of hydrogen-bond acceptors (Lipinski definition) is 3. The van der Waals surface area contributed by atoms with E-state index in [1.54, 1.807) is 0 Å². The molecule has 3 heteroatoms. The number of nitrogens with one attached hydrogen (secondary N) is 1. The fourth-order valence-electron chi connectivity index (χ4n) is 1.55. The molecule has 3 N–H and O–H groups in total. The Labute approximate surface area is 92.1 Å². The zero-order chi connectivity index (χ0) is 11.1. The zero-order valence-electron chi connectivity index (χ0n) is 9.66. The van der Waals surface area contributed by atoms with Gasteiger partial charge in [0.2, 0.25) is 0 Å². The minimum Gasteiger partial charge on any atom is -0.381 e. The predicted octanol–water partition coefficient (Wildman–Crippen LogP) is 2.32. The Morgan fingerprint density at radius 3 is 2.93 bits per heavy atom. The number of rotatable bonds is 6. The first-order valence-electron chi connectivity index (χ1n) is 5.65. The lowest BCUT2D eigenvalue weighted by atomic mass is 10.1. The Morgan fingerprint density at radius 2 is 2.33 bits per heavy atom. The zero-order valence-corrected chi connectivity index (χ0v) is 9.66. The highest BCUT2D eigenvalue weighted by Gasteiger charge is 2.06. The van der Waals surface area contributed by atoms with Crippen molar-refractivity contribution in [2.45, 2.75) is 39.2 Å². The van der Waals surface area contributed by atoms with Crippen molar-refractivity contribution >= 4 is 5.69 Å². The van der Waals surface area contributed by atoms with Crippen LogP contribution in [0.1, 0.15) is 31.7 Å². The molecular weight excluding hydrogens is 186 g/mol. The molecule has 0 aliphatic rings. The molecule has 0 amide bonds. The normalized spacial score (nSPS) is 12.5. The van der Waals surface area contributed by atoms with E-state index in [0.29, 0.717) is 12.6 Å². The maximum atomic E-state index is 5.73. The Kier molecular flexibility index (Phi) is 5.12. The summed E-state index contributed by atoms with van der Waals surface area (Å²) in [7, 11) is 0. The maximum absolute atomic E-state index is 5.73. The second-order valence-corrected chi connectivity index (χ2v) is 3.91. The maximum Gasteiger partial charge on any atom is 0.0403 e. The molecule has 0 fully saturated rings. The van der Waals surface area contributed by atoms with Gasteiger partial charge in [0, 0.05) is 30.7 Å². The van der Waals surface area contributed by atoms with Crippen molar-refractivity contribution in [2.24, 2.45) is 5.73 Å². The van der Waals surface area contributed by atoms with Crippen LogP contribution < -0.4 is 11.1 Å². The first-order valence-corrected chi connectivity index (χ1v) is 5.65. The predicted molar refractivity (Wildman–Crippen MR) is 65.0 cm³/mol. The first kappa shape index (κ1) is 12.0. The van der Waals surface area contributed by atoms with Crippen LogP contribution in [0.5, 0.6) is 0 Å². The van der Waals surface area contributed by atoms with Gasteiger partial charge >= 0.3 is 0 Å². The first-order chi connectivity index (χ1) is 7.27. The third-order valence-electron chi connectivity index (χ3n) is 2.57. The molecule has 0 aliphatic heterocycles. The number of aromatic nitrogens is 1. The van der Waals surface area contributed by atoms with E-state index in [1.165, 1.54) is 18.4 Å². The van der Waals surface area contributed by atoms with E-state index in [1.807, 2.05) is 18.5 Å². The number of nitrogens with zero attached hydrogens (tertiary/aromatic N) is 1. The standard InChI is InChI=1S/C12H21N3/c1-3-4-5-11(8-13)15-12-6-7-14-9-10(12)2/h6-7,9,11H,3-5,8,13H2,1-2H3,(H,14,15). The van der Waals surface area contributed by atoms with Crippen molar-refractivity contribution in [3.8, 4) is 0 Å². The molecule has 1 rings (SSSR count). The summed E-state index contributed by atoms with van der Waals surface area (Å²) in [4.78, 5) is 4.07. The van der Waals surface area contributed by atoms with Crippen LogP contribution >= 0.6 is 0 Å². The van der Waals surface area contributed by atoms with Crippen LogP contribution in [0, 0.1) is 6.92 Å². The summed E-state index contributed by atoms with van der Waals surface area (Å²) < 4.78 is 0. The van der Waals surface area contributed by atoms with Gasteiger partial charge < -0.3 is 11.1 Å². The molecule has 1 unspecified atom stereocenters. The van der Waals surface area contributed by atoms with Crippen LogP contribution in [-0.4, -0.2) is 17.6 Å². The third kappa shape index (κ3) is 3.88. The molecule has 0 aromatic carbocycles. The van der Waals surface area contributed by atoms with Crippen LogP contribution in [0.25, 0.3) is 0 Å². The molecule has 1 aromatic rings. The monoisotopic (exact) mass is 207 g/mol. The summed E-state index contributed by atoms with van der Waals surface area (Å²) >= 11 is 0. The highest BCUT2D eigenvalue weighted by atomic mass is 14.9. The Bertz CT molecular complexity index is 286. The van der Waals surface area contributed by atoms with E-state index in [0.717, 1.165) is 12.1 Å². The molecule has 1 atom stereocenters. The molecule has 0 bridgehead atoms. The number of anilines is 1. The van der Waals surface area contributed by atoms with Gasteiger partial charge in [0.05, 0.1) is 0 Å². The fourth-order valence-corrected chi connectivity index (χ4v) is 1.55. The fraction of sp³-hybridized carbons (Fsp3) is 0.583. The van der Waals surface area contributed by atoms with Gasteiger partial charge in [-0.2, -0.15) is 0 Å². The average molecular weight is 207 g/mol. The molecule has 15 heavy (non-hydrogen) atoms. The highest BCUT2D eigenvalue weighted by Crippen LogP contribution is 2.14. The van der Waals surface area contributed by atoms with Gasteiger partial charge in [-0.15, -0.1) is 0 Å². The molecule has 0 radical (unpaired) electrons. The second-order valence-electron chi connectivity index (χ2n) is 3.91. The van der Waals surface area contributed by atoms with Crippen molar-refractivity contribution in [2.75, 3.05) is 11.9 Å². The number of nitrogens with two attached hydrogens (primary N) is 1. The van der Waals surface area contributed by atoms with Crippen LogP contribution in [0.15, 0.2) is 18.5 Å². The topological polar surface area (TPSA) is 50.9 Å². The summed E-state index contributed by atoms with van der Waals surface area (Å²) in [6, 6.07) is 2.38. The molecule has 1 aromatic heterocycles. The summed E-state index contributed by atoms with van der Waals surface area (Å²) in [5.74, 6) is 0.